The molecular weight excluding hydrogens is 136 g/mol. The second-order valence-corrected chi connectivity index (χ2v) is 3.96. The molecule has 62 valence electrons. The van der Waals surface area contributed by atoms with Crippen LogP contribution in [0.2, 0.25) is 0 Å². The third-order valence-corrected chi connectivity index (χ3v) is 1.97. The summed E-state index contributed by atoms with van der Waals surface area (Å²) in [6, 6.07) is 0. The van der Waals surface area contributed by atoms with Crippen LogP contribution in [0, 0.1) is 13.8 Å². The topological polar surface area (TPSA) is 17.8 Å². The first-order valence-corrected chi connectivity index (χ1v) is 3.94. The summed E-state index contributed by atoms with van der Waals surface area (Å²) in [5, 5.41) is 0. The van der Waals surface area contributed by atoms with Gasteiger partial charge < -0.3 is 4.57 Å². The first-order valence-electron chi connectivity index (χ1n) is 3.94. The number of rotatable bonds is 0. The number of aromatic nitrogens is 2. The quantitative estimate of drug-likeness (QED) is 0.557. The molecule has 1 rings (SSSR count). The van der Waals surface area contributed by atoms with Gasteiger partial charge in [-0.1, -0.05) is 0 Å². The zero-order valence-corrected chi connectivity index (χ0v) is 7.97. The molecule has 0 radical (unpaired) electrons. The highest BCUT2D eigenvalue weighted by molar-refractivity contribution is 5.10. The lowest BCUT2D eigenvalue weighted by Crippen LogP contribution is -2.21. The largest absolute Gasteiger partial charge is 0.329 e. The van der Waals surface area contributed by atoms with E-state index in [4.69, 9.17) is 0 Å². The van der Waals surface area contributed by atoms with E-state index in [-0.39, 0.29) is 5.54 Å². The molecule has 0 amide bonds. The first-order chi connectivity index (χ1) is 4.93. The number of imidazole rings is 1. The van der Waals surface area contributed by atoms with Gasteiger partial charge in [0.1, 0.15) is 0 Å². The monoisotopic (exact) mass is 152 g/mol. The second-order valence-electron chi connectivity index (χ2n) is 3.96. The van der Waals surface area contributed by atoms with Gasteiger partial charge in [0.25, 0.3) is 0 Å². The van der Waals surface area contributed by atoms with Crippen LogP contribution in [0.1, 0.15) is 32.2 Å². The highest BCUT2D eigenvalue weighted by Gasteiger charge is 2.15. The van der Waals surface area contributed by atoms with Gasteiger partial charge in [0, 0.05) is 11.2 Å². The summed E-state index contributed by atoms with van der Waals surface area (Å²) < 4.78 is 2.20. The van der Waals surface area contributed by atoms with Crippen molar-refractivity contribution in [2.24, 2.45) is 0 Å². The molecule has 0 unspecified atom stereocenters. The van der Waals surface area contributed by atoms with Crippen molar-refractivity contribution in [1.82, 2.24) is 9.55 Å². The zero-order chi connectivity index (χ0) is 8.65. The molecule has 0 aliphatic carbocycles. The molecule has 0 spiro atoms. The molecule has 1 aromatic heterocycles. The van der Waals surface area contributed by atoms with E-state index in [1.807, 2.05) is 13.3 Å². The van der Waals surface area contributed by atoms with Crippen LogP contribution >= 0.6 is 0 Å². The maximum absolute atomic E-state index is 4.25. The fraction of sp³-hybridized carbons (Fsp3) is 0.667. The standard InChI is InChI=1S/C9H16N2/c1-7-8(2)11(6-10-7)9(3,4)5/h6H,1-5H3. The summed E-state index contributed by atoms with van der Waals surface area (Å²) in [5.41, 5.74) is 2.54. The lowest BCUT2D eigenvalue weighted by molar-refractivity contribution is 0.388. The summed E-state index contributed by atoms with van der Waals surface area (Å²) in [7, 11) is 0. The smallest absolute Gasteiger partial charge is 0.0956 e. The molecule has 0 aliphatic rings. The summed E-state index contributed by atoms with van der Waals surface area (Å²) in [6.07, 6.45) is 1.91. The Balaban J connectivity index is 3.15. The average Bonchev–Trinajstić information content (AvgIpc) is 2.11. The highest BCUT2D eigenvalue weighted by atomic mass is 15.1. The Hall–Kier alpha value is -0.790. The van der Waals surface area contributed by atoms with E-state index < -0.39 is 0 Å². The van der Waals surface area contributed by atoms with Gasteiger partial charge in [-0.25, -0.2) is 4.98 Å². The second kappa shape index (κ2) is 2.36. The van der Waals surface area contributed by atoms with Crippen LogP contribution in [-0.4, -0.2) is 9.55 Å². The van der Waals surface area contributed by atoms with Crippen LogP contribution in [0.15, 0.2) is 6.33 Å². The number of hydrogen-bond acceptors (Lipinski definition) is 1. The van der Waals surface area contributed by atoms with Gasteiger partial charge in [0.2, 0.25) is 0 Å². The minimum Gasteiger partial charge on any atom is -0.329 e. The summed E-state index contributed by atoms with van der Waals surface area (Å²) in [5.74, 6) is 0. The van der Waals surface area contributed by atoms with Crippen molar-refractivity contribution < 1.29 is 0 Å². The number of hydrogen-bond donors (Lipinski definition) is 0. The Labute approximate surface area is 68.3 Å². The lowest BCUT2D eigenvalue weighted by Gasteiger charge is -2.22. The Kier molecular flexibility index (Phi) is 1.78. The van der Waals surface area contributed by atoms with Gasteiger partial charge in [-0.15, -0.1) is 0 Å². The Morgan fingerprint density at radius 2 is 1.82 bits per heavy atom. The van der Waals surface area contributed by atoms with Gasteiger partial charge >= 0.3 is 0 Å². The third kappa shape index (κ3) is 1.44. The average molecular weight is 152 g/mol. The van der Waals surface area contributed by atoms with E-state index in [0.29, 0.717) is 0 Å². The van der Waals surface area contributed by atoms with Crippen LogP contribution in [-0.2, 0) is 5.54 Å². The summed E-state index contributed by atoms with van der Waals surface area (Å²) >= 11 is 0. The molecule has 0 fully saturated rings. The van der Waals surface area contributed by atoms with Crippen molar-refractivity contribution in [2.75, 3.05) is 0 Å². The predicted octanol–water partition coefficient (Wildman–Crippen LogP) is 2.25. The van der Waals surface area contributed by atoms with Gasteiger partial charge in [0.15, 0.2) is 0 Å². The van der Waals surface area contributed by atoms with E-state index in [1.165, 1.54) is 5.69 Å². The first kappa shape index (κ1) is 8.31. The molecule has 0 bridgehead atoms. The van der Waals surface area contributed by atoms with Crippen LogP contribution in [0.3, 0.4) is 0 Å². The van der Waals surface area contributed by atoms with Crippen LogP contribution in [0.4, 0.5) is 0 Å². The summed E-state index contributed by atoms with van der Waals surface area (Å²) in [4.78, 5) is 4.25. The minimum absolute atomic E-state index is 0.158. The van der Waals surface area contributed by atoms with Crippen molar-refractivity contribution in [3.63, 3.8) is 0 Å². The van der Waals surface area contributed by atoms with Gasteiger partial charge in [0.05, 0.1) is 12.0 Å². The Bertz CT molecular complexity index is 253. The van der Waals surface area contributed by atoms with Crippen LogP contribution in [0.5, 0.6) is 0 Å². The minimum atomic E-state index is 0.158. The molecule has 1 aromatic rings. The zero-order valence-electron chi connectivity index (χ0n) is 7.97. The van der Waals surface area contributed by atoms with Crippen molar-refractivity contribution in [2.45, 2.75) is 40.2 Å². The lowest BCUT2D eigenvalue weighted by atomic mass is 10.1. The van der Waals surface area contributed by atoms with Crippen molar-refractivity contribution in [1.29, 1.82) is 0 Å². The molecule has 0 aromatic carbocycles. The normalized spacial score (nSPS) is 12.1. The van der Waals surface area contributed by atoms with Crippen LogP contribution in [0.25, 0.3) is 0 Å². The molecule has 2 nitrogen and oxygen atoms in total. The van der Waals surface area contributed by atoms with Crippen molar-refractivity contribution in [3.05, 3.63) is 17.7 Å². The van der Waals surface area contributed by atoms with Gasteiger partial charge in [-0.3, -0.25) is 0 Å². The van der Waals surface area contributed by atoms with E-state index in [2.05, 4.69) is 37.2 Å². The molecule has 0 atom stereocenters. The molecule has 0 saturated heterocycles. The Morgan fingerprint density at radius 1 is 1.27 bits per heavy atom. The molecule has 0 saturated carbocycles. The maximum atomic E-state index is 4.25. The fourth-order valence-corrected chi connectivity index (χ4v) is 1.17. The predicted molar refractivity (Wildman–Crippen MR) is 46.7 cm³/mol. The molecule has 0 N–H and O–H groups in total. The van der Waals surface area contributed by atoms with Crippen molar-refractivity contribution in [3.8, 4) is 0 Å². The maximum Gasteiger partial charge on any atom is 0.0956 e. The van der Waals surface area contributed by atoms with E-state index in [1.54, 1.807) is 0 Å². The van der Waals surface area contributed by atoms with Gasteiger partial charge in [-0.2, -0.15) is 0 Å². The summed E-state index contributed by atoms with van der Waals surface area (Å²) in [6.45, 7) is 10.7. The van der Waals surface area contributed by atoms with E-state index in [0.717, 1.165) is 5.69 Å². The Morgan fingerprint density at radius 3 is 2.00 bits per heavy atom. The fourth-order valence-electron chi connectivity index (χ4n) is 1.17. The SMILES string of the molecule is Cc1ncn(C(C)(C)C)c1C. The number of nitrogens with zero attached hydrogens (tertiary/aromatic N) is 2. The third-order valence-electron chi connectivity index (χ3n) is 1.97. The molecule has 1 heterocycles. The molecule has 2 heteroatoms. The van der Waals surface area contributed by atoms with E-state index >= 15 is 0 Å². The highest BCUT2D eigenvalue weighted by Crippen LogP contribution is 2.17. The molecule has 0 aliphatic heterocycles. The van der Waals surface area contributed by atoms with Crippen molar-refractivity contribution >= 4 is 0 Å². The van der Waals surface area contributed by atoms with Crippen LogP contribution < -0.4 is 0 Å². The van der Waals surface area contributed by atoms with E-state index in [9.17, 15) is 0 Å². The molecule has 11 heavy (non-hydrogen) atoms. The number of aryl methyl sites for hydroxylation is 1. The van der Waals surface area contributed by atoms with Gasteiger partial charge in [-0.05, 0) is 34.6 Å². The molecular formula is C9H16N2.